The zero-order chi connectivity index (χ0) is 10.7. The first kappa shape index (κ1) is 10.9. The molecule has 4 nitrogen and oxygen atoms in total. The van der Waals surface area contributed by atoms with Crippen LogP contribution in [0.25, 0.3) is 0 Å². The van der Waals surface area contributed by atoms with Crippen molar-refractivity contribution in [3.8, 4) is 0 Å². The fourth-order valence-corrected chi connectivity index (χ4v) is 2.48. The number of ether oxygens (including phenoxy) is 1. The minimum absolute atomic E-state index is 0.103. The van der Waals surface area contributed by atoms with Crippen molar-refractivity contribution < 1.29 is 9.53 Å². The average molecular weight is 212 g/mol. The first-order valence-electron chi connectivity index (χ1n) is 5.89. The molecule has 0 aromatic carbocycles. The molecule has 15 heavy (non-hydrogen) atoms. The molecule has 1 atom stereocenters. The van der Waals surface area contributed by atoms with E-state index < -0.39 is 0 Å². The van der Waals surface area contributed by atoms with Crippen molar-refractivity contribution in [2.24, 2.45) is 11.7 Å². The second kappa shape index (κ2) is 4.94. The lowest BCUT2D eigenvalue weighted by atomic mass is 9.96. The second-order valence-electron chi connectivity index (χ2n) is 4.61. The van der Waals surface area contributed by atoms with Gasteiger partial charge in [0.2, 0.25) is 5.91 Å². The number of rotatable bonds is 3. The molecule has 1 unspecified atom stereocenters. The Morgan fingerprint density at radius 2 is 2.07 bits per heavy atom. The van der Waals surface area contributed by atoms with Gasteiger partial charge in [-0.3, -0.25) is 4.79 Å². The van der Waals surface area contributed by atoms with Gasteiger partial charge < -0.3 is 15.4 Å². The van der Waals surface area contributed by atoms with Gasteiger partial charge in [-0.15, -0.1) is 0 Å². The number of piperidine rings is 1. The van der Waals surface area contributed by atoms with Crippen LogP contribution in [0.5, 0.6) is 0 Å². The fourth-order valence-electron chi connectivity index (χ4n) is 2.48. The molecular formula is C11H20N2O2. The van der Waals surface area contributed by atoms with Crippen LogP contribution in [-0.4, -0.2) is 43.2 Å². The molecule has 0 aliphatic carbocycles. The number of carbonyl (C=O) groups is 1. The lowest BCUT2D eigenvalue weighted by Crippen LogP contribution is -2.41. The fraction of sp³-hybridized carbons (Fsp3) is 0.909. The Balaban J connectivity index is 1.71. The van der Waals surface area contributed by atoms with E-state index in [2.05, 4.69) is 4.90 Å². The third-order valence-corrected chi connectivity index (χ3v) is 3.48. The highest BCUT2D eigenvalue weighted by atomic mass is 16.5. The number of hydrogen-bond acceptors (Lipinski definition) is 3. The monoisotopic (exact) mass is 212 g/mol. The SMILES string of the molecule is NC(=O)C1CCN(CC2CCCO2)CC1. The van der Waals surface area contributed by atoms with Crippen molar-refractivity contribution >= 4 is 5.91 Å². The maximum Gasteiger partial charge on any atom is 0.220 e. The molecule has 2 aliphatic rings. The highest BCUT2D eigenvalue weighted by Crippen LogP contribution is 2.19. The molecule has 0 aromatic rings. The zero-order valence-corrected chi connectivity index (χ0v) is 9.15. The van der Waals surface area contributed by atoms with Crippen molar-refractivity contribution in [3.05, 3.63) is 0 Å². The number of nitrogens with two attached hydrogens (primary N) is 1. The molecule has 86 valence electrons. The van der Waals surface area contributed by atoms with E-state index in [1.54, 1.807) is 0 Å². The van der Waals surface area contributed by atoms with E-state index >= 15 is 0 Å². The van der Waals surface area contributed by atoms with Gasteiger partial charge in [0.15, 0.2) is 0 Å². The van der Waals surface area contributed by atoms with E-state index in [1.165, 1.54) is 12.8 Å². The number of nitrogens with zero attached hydrogens (tertiary/aromatic N) is 1. The number of primary amides is 1. The Morgan fingerprint density at radius 1 is 1.33 bits per heavy atom. The summed E-state index contributed by atoms with van der Waals surface area (Å²) < 4.78 is 5.60. The molecule has 0 aromatic heterocycles. The van der Waals surface area contributed by atoms with Crippen molar-refractivity contribution in [3.63, 3.8) is 0 Å². The maximum atomic E-state index is 11.0. The lowest BCUT2D eigenvalue weighted by molar-refractivity contribution is -0.123. The van der Waals surface area contributed by atoms with Gasteiger partial charge in [0.1, 0.15) is 0 Å². The van der Waals surface area contributed by atoms with E-state index in [9.17, 15) is 4.79 Å². The van der Waals surface area contributed by atoms with E-state index in [-0.39, 0.29) is 11.8 Å². The summed E-state index contributed by atoms with van der Waals surface area (Å²) in [5, 5.41) is 0. The van der Waals surface area contributed by atoms with E-state index in [1.807, 2.05) is 0 Å². The Bertz CT molecular complexity index is 219. The molecule has 0 spiro atoms. The minimum atomic E-state index is -0.133. The first-order chi connectivity index (χ1) is 7.25. The van der Waals surface area contributed by atoms with Gasteiger partial charge >= 0.3 is 0 Å². The third kappa shape index (κ3) is 2.92. The molecule has 2 heterocycles. The summed E-state index contributed by atoms with van der Waals surface area (Å²) in [6.45, 7) is 3.94. The summed E-state index contributed by atoms with van der Waals surface area (Å²) in [4.78, 5) is 13.4. The van der Waals surface area contributed by atoms with Crippen molar-refractivity contribution in [2.75, 3.05) is 26.2 Å². The van der Waals surface area contributed by atoms with Gasteiger partial charge in [0, 0.05) is 19.1 Å². The molecule has 1 amide bonds. The highest BCUT2D eigenvalue weighted by Gasteiger charge is 2.25. The molecule has 2 aliphatic heterocycles. The summed E-state index contributed by atoms with van der Waals surface area (Å²) in [7, 11) is 0. The van der Waals surface area contributed by atoms with Crippen LogP contribution in [0.4, 0.5) is 0 Å². The molecule has 2 saturated heterocycles. The largest absolute Gasteiger partial charge is 0.377 e. The standard InChI is InChI=1S/C11H20N2O2/c12-11(14)9-3-5-13(6-4-9)8-10-2-1-7-15-10/h9-10H,1-8H2,(H2,12,14). The Labute approximate surface area is 90.8 Å². The molecule has 2 rings (SSSR count). The highest BCUT2D eigenvalue weighted by molar-refractivity contribution is 5.76. The average Bonchev–Trinajstić information content (AvgIpc) is 2.71. The zero-order valence-electron chi connectivity index (χ0n) is 9.15. The van der Waals surface area contributed by atoms with Crippen LogP contribution in [0, 0.1) is 5.92 Å². The quantitative estimate of drug-likeness (QED) is 0.735. The molecule has 2 fully saturated rings. The number of carbonyl (C=O) groups excluding carboxylic acids is 1. The van der Waals surface area contributed by atoms with Crippen molar-refractivity contribution in [2.45, 2.75) is 31.8 Å². The van der Waals surface area contributed by atoms with Gasteiger partial charge in [-0.25, -0.2) is 0 Å². The second-order valence-corrected chi connectivity index (χ2v) is 4.61. The Morgan fingerprint density at radius 3 is 2.60 bits per heavy atom. The first-order valence-corrected chi connectivity index (χ1v) is 5.89. The summed E-state index contributed by atoms with van der Waals surface area (Å²) in [6, 6.07) is 0. The van der Waals surface area contributed by atoms with Gasteiger partial charge in [-0.1, -0.05) is 0 Å². The van der Waals surface area contributed by atoms with Gasteiger partial charge in [-0.2, -0.15) is 0 Å². The van der Waals surface area contributed by atoms with Crippen molar-refractivity contribution in [1.29, 1.82) is 0 Å². The van der Waals surface area contributed by atoms with E-state index in [0.29, 0.717) is 6.10 Å². The van der Waals surface area contributed by atoms with Gasteiger partial charge in [0.05, 0.1) is 6.10 Å². The summed E-state index contributed by atoms with van der Waals surface area (Å²) >= 11 is 0. The number of amides is 1. The van der Waals surface area contributed by atoms with Crippen LogP contribution in [-0.2, 0) is 9.53 Å². The van der Waals surface area contributed by atoms with Crippen LogP contribution in [0.3, 0.4) is 0 Å². The van der Waals surface area contributed by atoms with Crippen LogP contribution in [0.2, 0.25) is 0 Å². The number of hydrogen-bond donors (Lipinski definition) is 1. The normalized spacial score (nSPS) is 29.5. The topological polar surface area (TPSA) is 55.6 Å². The van der Waals surface area contributed by atoms with Crippen molar-refractivity contribution in [1.82, 2.24) is 4.90 Å². The molecule has 0 saturated carbocycles. The Kier molecular flexibility index (Phi) is 3.59. The van der Waals surface area contributed by atoms with Crippen LogP contribution in [0.1, 0.15) is 25.7 Å². The van der Waals surface area contributed by atoms with Gasteiger partial charge in [0.25, 0.3) is 0 Å². The summed E-state index contributed by atoms with van der Waals surface area (Å²) in [5.74, 6) is -0.0301. The third-order valence-electron chi connectivity index (χ3n) is 3.48. The molecular weight excluding hydrogens is 192 g/mol. The smallest absolute Gasteiger partial charge is 0.220 e. The molecule has 0 bridgehead atoms. The number of likely N-dealkylation sites (tertiary alicyclic amines) is 1. The van der Waals surface area contributed by atoms with Crippen LogP contribution >= 0.6 is 0 Å². The predicted octanol–water partition coefficient (Wildman–Crippen LogP) is 0.363. The maximum absolute atomic E-state index is 11.0. The predicted molar refractivity (Wildman–Crippen MR) is 57.3 cm³/mol. The minimum Gasteiger partial charge on any atom is -0.377 e. The van der Waals surface area contributed by atoms with E-state index in [4.69, 9.17) is 10.5 Å². The van der Waals surface area contributed by atoms with Crippen LogP contribution in [0.15, 0.2) is 0 Å². The van der Waals surface area contributed by atoms with E-state index in [0.717, 1.165) is 39.1 Å². The molecule has 4 heteroatoms. The Hall–Kier alpha value is -0.610. The van der Waals surface area contributed by atoms with Crippen LogP contribution < -0.4 is 5.73 Å². The van der Waals surface area contributed by atoms with Gasteiger partial charge in [-0.05, 0) is 38.8 Å². The molecule has 2 N–H and O–H groups in total. The molecule has 0 radical (unpaired) electrons. The summed E-state index contributed by atoms with van der Waals surface area (Å²) in [6.07, 6.45) is 4.65. The summed E-state index contributed by atoms with van der Waals surface area (Å²) in [5.41, 5.74) is 5.29. The lowest BCUT2D eigenvalue weighted by Gasteiger charge is -2.31.